The van der Waals surface area contributed by atoms with E-state index in [9.17, 15) is 23.4 Å². The summed E-state index contributed by atoms with van der Waals surface area (Å²) in [5, 5.41) is 24.4. The second-order valence-electron chi connectivity index (χ2n) is 10.6. The topological polar surface area (TPSA) is 167 Å². The maximum atomic E-state index is 12.9. The van der Waals surface area contributed by atoms with Gasteiger partial charge < -0.3 is 25.7 Å². The highest BCUT2D eigenvalue weighted by atomic mass is 32.2. The van der Waals surface area contributed by atoms with Crippen molar-refractivity contribution >= 4 is 38.6 Å². The van der Waals surface area contributed by atoms with Crippen LogP contribution >= 0.6 is 0 Å². The third-order valence-electron chi connectivity index (χ3n) is 8.33. The number of anilines is 2. The third-order valence-corrected chi connectivity index (χ3v) is 9.49. The lowest BCUT2D eigenvalue weighted by Gasteiger charge is -2.39. The number of piperidine rings is 1. The highest BCUT2D eigenvalue weighted by Crippen LogP contribution is 2.45. The van der Waals surface area contributed by atoms with Crippen molar-refractivity contribution in [3.05, 3.63) is 24.2 Å². The Morgan fingerprint density at radius 1 is 1.24 bits per heavy atom. The van der Waals surface area contributed by atoms with Gasteiger partial charge in [-0.1, -0.05) is 0 Å². The Hall–Kier alpha value is -3.03. The zero-order valence-corrected chi connectivity index (χ0v) is 21.4. The molecule has 1 amide bonds. The number of carbonyl (C=O) groups is 1. The Bertz CT molecular complexity index is 1430. The summed E-state index contributed by atoms with van der Waals surface area (Å²) in [5.41, 5.74) is 7.69. The molecule has 3 atom stereocenters. The van der Waals surface area contributed by atoms with E-state index >= 15 is 0 Å². The molecule has 5 heterocycles. The number of amides is 1. The molecule has 1 saturated carbocycles. The van der Waals surface area contributed by atoms with Crippen LogP contribution in [0, 0.1) is 0 Å². The summed E-state index contributed by atoms with van der Waals surface area (Å²) in [5.74, 6) is -0.503. The van der Waals surface area contributed by atoms with Gasteiger partial charge in [0.15, 0.2) is 15.5 Å². The maximum Gasteiger partial charge on any atom is 0.248 e. The van der Waals surface area contributed by atoms with Crippen LogP contribution in [0.3, 0.4) is 0 Å². The lowest BCUT2D eigenvalue weighted by Crippen LogP contribution is -2.47. The number of aliphatic hydroxyl groups excluding tert-OH is 1. The van der Waals surface area contributed by atoms with Gasteiger partial charge in [0.2, 0.25) is 5.91 Å². The second kappa shape index (κ2) is 8.50. The van der Waals surface area contributed by atoms with Crippen molar-refractivity contribution in [3.8, 4) is 0 Å². The maximum absolute atomic E-state index is 12.9. The molecule has 12 nitrogen and oxygen atoms in total. The number of carbonyl (C=O) groups excluding carboxylic acids is 1. The first-order valence-corrected chi connectivity index (χ1v) is 14.5. The van der Waals surface area contributed by atoms with Gasteiger partial charge in [-0.3, -0.25) is 9.79 Å². The molecule has 2 bridgehead atoms. The van der Waals surface area contributed by atoms with Crippen LogP contribution in [0.5, 0.6) is 0 Å². The number of nitrogens with zero attached hydrogens (tertiary/aromatic N) is 6. The fraction of sp³-hybridized carbons (Fsp3) is 0.583. The van der Waals surface area contributed by atoms with Crippen LogP contribution in [0.2, 0.25) is 0 Å². The van der Waals surface area contributed by atoms with Crippen LogP contribution in [0.25, 0.3) is 5.65 Å². The van der Waals surface area contributed by atoms with Gasteiger partial charge in [-0.2, -0.15) is 9.61 Å². The van der Waals surface area contributed by atoms with Crippen molar-refractivity contribution in [1.29, 1.82) is 0 Å². The van der Waals surface area contributed by atoms with Gasteiger partial charge in [0, 0.05) is 30.5 Å². The molecule has 1 unspecified atom stereocenters. The Morgan fingerprint density at radius 3 is 2.49 bits per heavy atom. The van der Waals surface area contributed by atoms with Crippen molar-refractivity contribution in [2.75, 3.05) is 30.2 Å². The molecular weight excluding hydrogens is 498 g/mol. The number of nitrogens with two attached hydrogens (primary N) is 1. The van der Waals surface area contributed by atoms with Gasteiger partial charge in [-0.15, -0.1) is 0 Å². The number of nitrogen functional groups attached to an aromatic ring is 1. The van der Waals surface area contributed by atoms with Crippen molar-refractivity contribution in [2.45, 2.75) is 73.4 Å². The summed E-state index contributed by atoms with van der Waals surface area (Å²) in [6.45, 7) is -0.264. The quantitative estimate of drug-likeness (QED) is 0.502. The van der Waals surface area contributed by atoms with E-state index in [0.29, 0.717) is 48.4 Å². The normalized spacial score (nSPS) is 26.9. The first-order valence-electron chi connectivity index (χ1n) is 12.6. The molecule has 37 heavy (non-hydrogen) atoms. The number of hydrogen-bond acceptors (Lipinski definition) is 10. The van der Waals surface area contributed by atoms with Gasteiger partial charge >= 0.3 is 0 Å². The van der Waals surface area contributed by atoms with E-state index in [1.54, 1.807) is 17.2 Å². The van der Waals surface area contributed by atoms with Crippen molar-refractivity contribution in [2.24, 2.45) is 4.99 Å². The average Bonchev–Trinajstić information content (AvgIpc) is 3.39. The average molecular weight is 530 g/mol. The molecule has 2 aromatic heterocycles. The van der Waals surface area contributed by atoms with Gasteiger partial charge in [-0.05, 0) is 51.0 Å². The van der Waals surface area contributed by atoms with Crippen molar-refractivity contribution < 1.29 is 23.4 Å². The summed E-state index contributed by atoms with van der Waals surface area (Å²) in [4.78, 5) is 25.3. The molecule has 4 aliphatic rings. The van der Waals surface area contributed by atoms with Gasteiger partial charge in [0.05, 0.1) is 17.6 Å². The fourth-order valence-electron chi connectivity index (χ4n) is 6.39. The lowest BCUT2D eigenvalue weighted by molar-refractivity contribution is -0.138. The Labute approximate surface area is 214 Å². The summed E-state index contributed by atoms with van der Waals surface area (Å²) in [7, 11) is -3.74. The summed E-state index contributed by atoms with van der Waals surface area (Å²) >= 11 is 0. The molecular formula is C24H31N7O5S. The largest absolute Gasteiger partial charge is 0.387 e. The van der Waals surface area contributed by atoms with E-state index in [2.05, 4.69) is 10.1 Å². The zero-order valence-electron chi connectivity index (χ0n) is 20.6. The van der Waals surface area contributed by atoms with Crippen molar-refractivity contribution in [3.63, 3.8) is 0 Å². The number of aliphatic hydroxyl groups is 2. The second-order valence-corrected chi connectivity index (χ2v) is 12.6. The standard InChI is InChI=1S/C24H31N7O5S/c1-37(35,36)21-20(14-9-15-3-4-16(10-14)30(15)19(33)12-32)28-23-17(11-27-31(23)22(21)25)29-8-5-18(26-13-29)24(34)6-2-7-24/h5,8,11,14-16,32,34H,2-4,6-7,9-10,12-13,25H2,1H3/t14?,15-,16+. The van der Waals surface area contributed by atoms with Crippen molar-refractivity contribution in [1.82, 2.24) is 19.5 Å². The van der Waals surface area contributed by atoms with Crippen LogP contribution in [-0.4, -0.2) is 87.0 Å². The molecule has 1 aliphatic carbocycles. The third kappa shape index (κ3) is 3.82. The first-order chi connectivity index (χ1) is 17.6. The molecule has 2 aromatic rings. The predicted molar refractivity (Wildman–Crippen MR) is 136 cm³/mol. The Kier molecular flexibility index (Phi) is 5.58. The van der Waals surface area contributed by atoms with Crippen LogP contribution < -0.4 is 10.6 Å². The number of hydrogen-bond donors (Lipinski definition) is 3. The van der Waals surface area contributed by atoms with Crippen LogP contribution in [0.1, 0.15) is 56.6 Å². The number of aliphatic imine (C=N–C) groups is 1. The highest BCUT2D eigenvalue weighted by Gasteiger charge is 2.45. The summed E-state index contributed by atoms with van der Waals surface area (Å²) in [6.07, 6.45) is 11.4. The summed E-state index contributed by atoms with van der Waals surface area (Å²) < 4.78 is 27.2. The van der Waals surface area contributed by atoms with E-state index in [-0.39, 0.29) is 41.3 Å². The highest BCUT2D eigenvalue weighted by molar-refractivity contribution is 7.91. The van der Waals surface area contributed by atoms with E-state index in [1.807, 2.05) is 11.1 Å². The molecule has 6 rings (SSSR count). The number of rotatable bonds is 5. The molecule has 13 heteroatoms. The minimum Gasteiger partial charge on any atom is -0.387 e. The minimum absolute atomic E-state index is 0.00363. The number of fused-ring (bicyclic) bond motifs is 3. The molecule has 3 fully saturated rings. The number of aromatic nitrogens is 3. The van der Waals surface area contributed by atoms with Gasteiger partial charge in [-0.25, -0.2) is 13.4 Å². The Balaban J connectivity index is 1.39. The molecule has 0 radical (unpaired) electrons. The minimum atomic E-state index is -3.74. The molecule has 2 saturated heterocycles. The molecule has 0 spiro atoms. The number of sulfone groups is 1. The molecule has 3 aliphatic heterocycles. The van der Waals surface area contributed by atoms with Crippen LogP contribution in [-0.2, 0) is 14.6 Å². The SMILES string of the molecule is CS(=O)(=O)c1c(C2C[C@H]3CC[C@@H](C2)N3C(=O)CO)nc2c(N3C=CC(C4(O)CCC4)=NC3)cnn2c1N. The zero-order chi connectivity index (χ0) is 26.1. The smallest absolute Gasteiger partial charge is 0.248 e. The van der Waals surface area contributed by atoms with E-state index < -0.39 is 22.0 Å². The summed E-state index contributed by atoms with van der Waals surface area (Å²) in [6, 6.07) is -0.149. The molecule has 4 N–H and O–H groups in total. The fourth-order valence-corrected chi connectivity index (χ4v) is 7.45. The molecule has 198 valence electrons. The van der Waals surface area contributed by atoms with Gasteiger partial charge in [0.1, 0.15) is 35.3 Å². The van der Waals surface area contributed by atoms with Crippen LogP contribution in [0.4, 0.5) is 11.5 Å². The van der Waals surface area contributed by atoms with E-state index in [0.717, 1.165) is 25.5 Å². The Morgan fingerprint density at radius 2 is 1.95 bits per heavy atom. The van der Waals surface area contributed by atoms with Gasteiger partial charge in [0.25, 0.3) is 0 Å². The lowest BCUT2D eigenvalue weighted by atomic mass is 9.76. The van der Waals surface area contributed by atoms with E-state index in [1.165, 1.54) is 4.52 Å². The first kappa shape index (κ1) is 24.3. The molecule has 0 aromatic carbocycles. The van der Waals surface area contributed by atoms with E-state index in [4.69, 9.17) is 10.7 Å². The van der Waals surface area contributed by atoms with Crippen LogP contribution in [0.15, 0.2) is 28.4 Å². The predicted octanol–water partition coefficient (Wildman–Crippen LogP) is 0.592. The monoisotopic (exact) mass is 529 g/mol.